The summed E-state index contributed by atoms with van der Waals surface area (Å²) in [5.41, 5.74) is 5.12. The van der Waals surface area contributed by atoms with E-state index in [-0.39, 0.29) is 12.2 Å². The molecule has 5 nitrogen and oxygen atoms in total. The fourth-order valence-electron chi connectivity index (χ4n) is 2.77. The molecule has 1 aromatic heterocycles. The average Bonchev–Trinajstić information content (AvgIpc) is 3.20. The number of allylic oxidation sites excluding steroid dienone is 1. The molecule has 25 heavy (non-hydrogen) atoms. The van der Waals surface area contributed by atoms with E-state index in [1.807, 2.05) is 61.5 Å². The largest absolute Gasteiger partial charge is 0.487 e. The second-order valence-corrected chi connectivity index (χ2v) is 5.95. The highest BCUT2D eigenvalue weighted by Gasteiger charge is 2.14. The van der Waals surface area contributed by atoms with Crippen molar-refractivity contribution in [2.75, 3.05) is 0 Å². The zero-order chi connectivity index (χ0) is 17.2. The normalized spacial score (nSPS) is 14.0. The number of hydrogen-bond acceptors (Lipinski definition) is 3. The highest BCUT2D eigenvalue weighted by Crippen LogP contribution is 2.32. The Morgan fingerprint density at radius 1 is 1.08 bits per heavy atom. The van der Waals surface area contributed by atoms with Crippen LogP contribution in [0.3, 0.4) is 0 Å². The summed E-state index contributed by atoms with van der Waals surface area (Å²) in [7, 11) is 0. The average molecular weight is 331 g/mol. The Kier molecular flexibility index (Phi) is 3.82. The molecular formula is C20H17N3O2. The van der Waals surface area contributed by atoms with Gasteiger partial charge in [0.15, 0.2) is 0 Å². The summed E-state index contributed by atoms with van der Waals surface area (Å²) in [6.07, 6.45) is 3.63. The van der Waals surface area contributed by atoms with Crippen molar-refractivity contribution >= 4 is 23.6 Å². The van der Waals surface area contributed by atoms with Crippen LogP contribution in [0, 0.1) is 6.92 Å². The Balaban J connectivity index is 1.61. The molecule has 2 heterocycles. The molecule has 0 aliphatic carbocycles. The van der Waals surface area contributed by atoms with Gasteiger partial charge in [0.2, 0.25) is 0 Å². The van der Waals surface area contributed by atoms with Crippen molar-refractivity contribution < 1.29 is 4.74 Å². The van der Waals surface area contributed by atoms with Crippen molar-refractivity contribution in [2.24, 2.45) is 4.99 Å². The second-order valence-electron chi connectivity index (χ2n) is 5.95. The molecule has 0 amide bonds. The van der Waals surface area contributed by atoms with Crippen LogP contribution in [0.25, 0.3) is 11.6 Å². The number of aryl methyl sites for hydroxylation is 1. The van der Waals surface area contributed by atoms with Gasteiger partial charge in [0.05, 0.1) is 16.9 Å². The molecule has 2 aromatic carbocycles. The van der Waals surface area contributed by atoms with Crippen molar-refractivity contribution in [3.63, 3.8) is 0 Å². The Morgan fingerprint density at radius 3 is 2.72 bits per heavy atom. The van der Waals surface area contributed by atoms with Gasteiger partial charge in [-0.25, -0.2) is 0 Å². The van der Waals surface area contributed by atoms with Crippen molar-refractivity contribution in [1.82, 2.24) is 10.2 Å². The Bertz CT molecular complexity index is 1020. The molecule has 0 radical (unpaired) electrons. The number of aromatic nitrogens is 2. The van der Waals surface area contributed by atoms with Crippen LogP contribution in [0.2, 0.25) is 0 Å². The van der Waals surface area contributed by atoms with Crippen LogP contribution in [0.4, 0.5) is 5.69 Å². The SMILES string of the molecule is Cc1ccc(OCc2[nH][nH]c(=O)c2C=C2C=Nc3ccccc32)cc1. The molecule has 3 aromatic rings. The molecule has 124 valence electrons. The van der Waals surface area contributed by atoms with E-state index >= 15 is 0 Å². The van der Waals surface area contributed by atoms with Crippen molar-refractivity contribution in [1.29, 1.82) is 0 Å². The zero-order valence-corrected chi connectivity index (χ0v) is 13.7. The van der Waals surface area contributed by atoms with E-state index in [2.05, 4.69) is 15.2 Å². The molecule has 5 heteroatoms. The van der Waals surface area contributed by atoms with E-state index in [1.165, 1.54) is 5.56 Å². The van der Waals surface area contributed by atoms with Crippen LogP contribution < -0.4 is 10.3 Å². The molecule has 0 saturated carbocycles. The van der Waals surface area contributed by atoms with Gasteiger partial charge < -0.3 is 4.74 Å². The first-order chi connectivity index (χ1) is 12.2. The lowest BCUT2D eigenvalue weighted by atomic mass is 10.0. The van der Waals surface area contributed by atoms with E-state index in [0.29, 0.717) is 11.3 Å². The maximum absolute atomic E-state index is 12.2. The summed E-state index contributed by atoms with van der Waals surface area (Å²) in [4.78, 5) is 16.5. The van der Waals surface area contributed by atoms with E-state index in [4.69, 9.17) is 4.74 Å². The number of ether oxygens (including phenoxy) is 1. The van der Waals surface area contributed by atoms with Crippen molar-refractivity contribution in [2.45, 2.75) is 13.5 Å². The number of para-hydroxylation sites is 1. The number of nitrogens with one attached hydrogen (secondary N) is 2. The molecule has 1 aliphatic heterocycles. The number of hydrogen-bond donors (Lipinski definition) is 2. The number of benzene rings is 2. The predicted molar refractivity (Wildman–Crippen MR) is 99.4 cm³/mol. The Hall–Kier alpha value is -3.34. The summed E-state index contributed by atoms with van der Waals surface area (Å²) >= 11 is 0. The summed E-state index contributed by atoms with van der Waals surface area (Å²) in [5.74, 6) is 0.763. The van der Waals surface area contributed by atoms with Crippen LogP contribution in [0.15, 0.2) is 58.3 Å². The lowest BCUT2D eigenvalue weighted by molar-refractivity contribution is 0.301. The van der Waals surface area contributed by atoms with Gasteiger partial charge >= 0.3 is 0 Å². The lowest BCUT2D eigenvalue weighted by Crippen LogP contribution is -2.04. The standard InChI is InChI=1S/C20H17N3O2/c1-13-6-8-15(9-7-13)25-12-19-17(20(24)23-22-19)10-14-11-21-18-5-3-2-4-16(14)18/h2-11H,12H2,1H3,(H2,22,23,24). The van der Waals surface area contributed by atoms with E-state index in [1.54, 1.807) is 6.21 Å². The molecular weight excluding hydrogens is 314 g/mol. The minimum atomic E-state index is -0.173. The van der Waals surface area contributed by atoms with Gasteiger partial charge in [-0.2, -0.15) is 0 Å². The molecule has 0 bridgehead atoms. The monoisotopic (exact) mass is 331 g/mol. The highest BCUT2D eigenvalue weighted by atomic mass is 16.5. The third kappa shape index (κ3) is 3.04. The number of aliphatic imine (C=N–C) groups is 1. The number of fused-ring (bicyclic) bond motifs is 1. The molecule has 0 saturated heterocycles. The third-order valence-electron chi connectivity index (χ3n) is 4.16. The van der Waals surface area contributed by atoms with Gasteiger partial charge in [-0.15, -0.1) is 0 Å². The summed E-state index contributed by atoms with van der Waals surface area (Å²) < 4.78 is 5.78. The number of nitrogens with zero attached hydrogens (tertiary/aromatic N) is 1. The van der Waals surface area contributed by atoms with Gasteiger partial charge in [-0.05, 0) is 31.2 Å². The molecule has 0 spiro atoms. The number of H-pyrrole nitrogens is 2. The van der Waals surface area contributed by atoms with E-state index in [0.717, 1.165) is 22.6 Å². The van der Waals surface area contributed by atoms with Gasteiger partial charge in [-0.1, -0.05) is 35.9 Å². The van der Waals surface area contributed by atoms with Crippen LogP contribution in [-0.2, 0) is 6.61 Å². The molecule has 1 aliphatic rings. The maximum atomic E-state index is 12.2. The Labute approximate surface area is 144 Å². The van der Waals surface area contributed by atoms with E-state index < -0.39 is 0 Å². The first kappa shape index (κ1) is 15.2. The molecule has 0 atom stereocenters. The number of rotatable bonds is 4. The molecule has 0 fully saturated rings. The second kappa shape index (κ2) is 6.28. The fourth-order valence-corrected chi connectivity index (χ4v) is 2.77. The summed E-state index contributed by atoms with van der Waals surface area (Å²) in [6.45, 7) is 2.30. The van der Waals surface area contributed by atoms with Crippen LogP contribution in [0.5, 0.6) is 5.75 Å². The van der Waals surface area contributed by atoms with E-state index in [9.17, 15) is 4.79 Å². The fraction of sp³-hybridized carbons (Fsp3) is 0.100. The summed E-state index contributed by atoms with van der Waals surface area (Å²) in [6, 6.07) is 15.7. The van der Waals surface area contributed by atoms with Crippen LogP contribution in [0.1, 0.15) is 22.4 Å². The summed E-state index contributed by atoms with van der Waals surface area (Å²) in [5, 5.41) is 5.53. The minimum Gasteiger partial charge on any atom is -0.487 e. The highest BCUT2D eigenvalue weighted by molar-refractivity contribution is 6.21. The topological polar surface area (TPSA) is 70.2 Å². The Morgan fingerprint density at radius 2 is 1.88 bits per heavy atom. The number of aromatic amines is 2. The maximum Gasteiger partial charge on any atom is 0.271 e. The van der Waals surface area contributed by atoms with Gasteiger partial charge in [-0.3, -0.25) is 20.0 Å². The van der Waals surface area contributed by atoms with Gasteiger partial charge in [0, 0.05) is 17.4 Å². The molecule has 0 unspecified atom stereocenters. The third-order valence-corrected chi connectivity index (χ3v) is 4.16. The van der Waals surface area contributed by atoms with Gasteiger partial charge in [0.1, 0.15) is 12.4 Å². The van der Waals surface area contributed by atoms with Gasteiger partial charge in [0.25, 0.3) is 5.56 Å². The quantitative estimate of drug-likeness (QED) is 0.762. The molecule has 2 N–H and O–H groups in total. The lowest BCUT2D eigenvalue weighted by Gasteiger charge is -2.06. The zero-order valence-electron chi connectivity index (χ0n) is 13.7. The molecule has 4 rings (SSSR count). The first-order valence-electron chi connectivity index (χ1n) is 8.05. The predicted octanol–water partition coefficient (Wildman–Crippen LogP) is 3.85. The van der Waals surface area contributed by atoms with Crippen molar-refractivity contribution in [3.8, 4) is 5.75 Å². The van der Waals surface area contributed by atoms with Crippen molar-refractivity contribution in [3.05, 3.63) is 81.3 Å². The van der Waals surface area contributed by atoms with Crippen LogP contribution >= 0.6 is 0 Å². The van der Waals surface area contributed by atoms with Crippen LogP contribution in [-0.4, -0.2) is 16.4 Å². The first-order valence-corrected chi connectivity index (χ1v) is 8.05. The minimum absolute atomic E-state index is 0.173. The smallest absolute Gasteiger partial charge is 0.271 e.